The Hall–Kier alpha value is -2.83. The Bertz CT molecular complexity index is 712. The number of nitrogens with one attached hydrogen (secondary N) is 1. The fraction of sp³-hybridized carbons (Fsp3) is 0.125. The van der Waals surface area contributed by atoms with Crippen LogP contribution in [0, 0.1) is 17.5 Å². The Balaban J connectivity index is 2.14. The third-order valence-electron chi connectivity index (χ3n) is 3.13. The van der Waals surface area contributed by atoms with Crippen LogP contribution in [0.4, 0.5) is 13.2 Å². The molecule has 0 aliphatic heterocycles. The molecule has 120 valence electrons. The molecule has 0 radical (unpaired) electrons. The van der Waals surface area contributed by atoms with E-state index in [4.69, 9.17) is 5.73 Å². The predicted octanol–water partition coefficient (Wildman–Crippen LogP) is 1.93. The van der Waals surface area contributed by atoms with Crippen LogP contribution in [0.15, 0.2) is 42.5 Å². The molecular weight excluding hydrogens is 309 g/mol. The molecule has 0 aliphatic carbocycles. The first-order valence-electron chi connectivity index (χ1n) is 6.66. The number of hydrogen-bond donors (Lipinski definition) is 2. The maximum Gasteiger partial charge on any atom is 0.252 e. The Labute approximate surface area is 130 Å². The van der Waals surface area contributed by atoms with Gasteiger partial charge in [-0.05, 0) is 29.8 Å². The van der Waals surface area contributed by atoms with E-state index < -0.39 is 35.3 Å². The van der Waals surface area contributed by atoms with Crippen LogP contribution < -0.4 is 11.1 Å². The van der Waals surface area contributed by atoms with E-state index in [1.165, 1.54) is 24.3 Å². The van der Waals surface area contributed by atoms with Crippen LogP contribution in [0.25, 0.3) is 0 Å². The van der Waals surface area contributed by atoms with Gasteiger partial charge in [-0.1, -0.05) is 12.1 Å². The van der Waals surface area contributed by atoms with Gasteiger partial charge in [0.1, 0.15) is 23.5 Å². The molecule has 2 aromatic carbocycles. The van der Waals surface area contributed by atoms with Gasteiger partial charge in [0, 0.05) is 18.1 Å². The zero-order valence-electron chi connectivity index (χ0n) is 11.9. The summed E-state index contributed by atoms with van der Waals surface area (Å²) >= 11 is 0. The molecule has 0 saturated heterocycles. The van der Waals surface area contributed by atoms with Crippen molar-refractivity contribution in [2.24, 2.45) is 5.73 Å². The van der Waals surface area contributed by atoms with Crippen LogP contribution in [0.1, 0.15) is 15.9 Å². The Morgan fingerprint density at radius 3 is 2.04 bits per heavy atom. The maximum absolute atomic E-state index is 13.1. The summed E-state index contributed by atoms with van der Waals surface area (Å²) in [5, 5.41) is 2.31. The van der Waals surface area contributed by atoms with Crippen LogP contribution in [-0.4, -0.2) is 17.9 Å². The van der Waals surface area contributed by atoms with Crippen molar-refractivity contribution in [1.29, 1.82) is 0 Å². The second-order valence-corrected chi connectivity index (χ2v) is 4.92. The molecule has 2 amide bonds. The van der Waals surface area contributed by atoms with Crippen LogP contribution >= 0.6 is 0 Å². The highest BCUT2D eigenvalue weighted by Gasteiger charge is 2.20. The third-order valence-corrected chi connectivity index (χ3v) is 3.13. The van der Waals surface area contributed by atoms with E-state index in [-0.39, 0.29) is 12.0 Å². The number of amides is 2. The van der Waals surface area contributed by atoms with Gasteiger partial charge >= 0.3 is 0 Å². The fourth-order valence-electron chi connectivity index (χ4n) is 2.01. The monoisotopic (exact) mass is 322 g/mol. The summed E-state index contributed by atoms with van der Waals surface area (Å²) in [6.45, 7) is 0. The Morgan fingerprint density at radius 2 is 1.52 bits per heavy atom. The molecule has 23 heavy (non-hydrogen) atoms. The van der Waals surface area contributed by atoms with E-state index in [9.17, 15) is 22.8 Å². The highest BCUT2D eigenvalue weighted by atomic mass is 19.1. The SMILES string of the molecule is NC(=O)[C@H](Cc1ccc(F)cc1)NC(=O)c1cc(F)cc(F)c1. The number of carbonyl (C=O) groups excluding carboxylic acids is 2. The summed E-state index contributed by atoms with van der Waals surface area (Å²) in [7, 11) is 0. The summed E-state index contributed by atoms with van der Waals surface area (Å²) in [6, 6.07) is 6.51. The van der Waals surface area contributed by atoms with Crippen molar-refractivity contribution >= 4 is 11.8 Å². The minimum absolute atomic E-state index is 0.0269. The number of primary amides is 1. The van der Waals surface area contributed by atoms with Crippen molar-refractivity contribution in [3.05, 3.63) is 71.0 Å². The van der Waals surface area contributed by atoms with Crippen molar-refractivity contribution < 1.29 is 22.8 Å². The van der Waals surface area contributed by atoms with Gasteiger partial charge in [0.15, 0.2) is 0 Å². The summed E-state index contributed by atoms with van der Waals surface area (Å²) in [5.74, 6) is -3.92. The molecule has 2 aromatic rings. The predicted molar refractivity (Wildman–Crippen MR) is 76.9 cm³/mol. The van der Waals surface area contributed by atoms with Crippen LogP contribution in [0.2, 0.25) is 0 Å². The quantitative estimate of drug-likeness (QED) is 0.883. The van der Waals surface area contributed by atoms with Crippen molar-refractivity contribution in [1.82, 2.24) is 5.32 Å². The molecule has 2 rings (SSSR count). The second kappa shape index (κ2) is 6.95. The van der Waals surface area contributed by atoms with Crippen molar-refractivity contribution in [3.63, 3.8) is 0 Å². The lowest BCUT2D eigenvalue weighted by Crippen LogP contribution is -2.45. The average molecular weight is 322 g/mol. The molecule has 0 spiro atoms. The molecular formula is C16H13F3N2O2. The highest BCUT2D eigenvalue weighted by Crippen LogP contribution is 2.10. The van der Waals surface area contributed by atoms with Crippen molar-refractivity contribution in [2.45, 2.75) is 12.5 Å². The Kier molecular flexibility index (Phi) is 5.00. The number of benzene rings is 2. The van der Waals surface area contributed by atoms with Gasteiger partial charge in [-0.2, -0.15) is 0 Å². The molecule has 0 unspecified atom stereocenters. The van der Waals surface area contributed by atoms with Gasteiger partial charge in [0.25, 0.3) is 5.91 Å². The molecule has 0 saturated carbocycles. The topological polar surface area (TPSA) is 72.2 Å². The Morgan fingerprint density at radius 1 is 0.957 bits per heavy atom. The zero-order chi connectivity index (χ0) is 17.0. The number of carbonyl (C=O) groups is 2. The van der Waals surface area contributed by atoms with Crippen LogP contribution in [-0.2, 0) is 11.2 Å². The minimum Gasteiger partial charge on any atom is -0.368 e. The van der Waals surface area contributed by atoms with Gasteiger partial charge in [0.05, 0.1) is 0 Å². The van der Waals surface area contributed by atoms with Gasteiger partial charge in [-0.25, -0.2) is 13.2 Å². The van der Waals surface area contributed by atoms with E-state index in [2.05, 4.69) is 5.32 Å². The van der Waals surface area contributed by atoms with E-state index in [1.54, 1.807) is 0 Å². The lowest BCUT2D eigenvalue weighted by molar-refractivity contribution is -0.119. The highest BCUT2D eigenvalue weighted by molar-refractivity contribution is 5.97. The zero-order valence-corrected chi connectivity index (χ0v) is 11.9. The second-order valence-electron chi connectivity index (χ2n) is 4.92. The van der Waals surface area contributed by atoms with Gasteiger partial charge in [0.2, 0.25) is 5.91 Å². The molecule has 0 fully saturated rings. The van der Waals surface area contributed by atoms with E-state index >= 15 is 0 Å². The van der Waals surface area contributed by atoms with E-state index in [1.807, 2.05) is 0 Å². The van der Waals surface area contributed by atoms with Gasteiger partial charge in [-0.15, -0.1) is 0 Å². The number of rotatable bonds is 5. The van der Waals surface area contributed by atoms with Crippen LogP contribution in [0.5, 0.6) is 0 Å². The molecule has 3 N–H and O–H groups in total. The lowest BCUT2D eigenvalue weighted by atomic mass is 10.0. The molecule has 7 heteroatoms. The maximum atomic E-state index is 13.1. The third kappa shape index (κ3) is 4.57. The molecule has 0 aliphatic rings. The van der Waals surface area contributed by atoms with E-state index in [0.717, 1.165) is 12.1 Å². The molecule has 0 heterocycles. The molecule has 1 atom stereocenters. The molecule has 0 bridgehead atoms. The lowest BCUT2D eigenvalue weighted by Gasteiger charge is -2.15. The van der Waals surface area contributed by atoms with Gasteiger partial charge < -0.3 is 11.1 Å². The van der Waals surface area contributed by atoms with Crippen molar-refractivity contribution in [3.8, 4) is 0 Å². The smallest absolute Gasteiger partial charge is 0.252 e. The summed E-state index contributed by atoms with van der Waals surface area (Å²) in [4.78, 5) is 23.5. The summed E-state index contributed by atoms with van der Waals surface area (Å²) in [5.41, 5.74) is 5.52. The summed E-state index contributed by atoms with van der Waals surface area (Å²) < 4.78 is 39.1. The number of nitrogens with two attached hydrogens (primary N) is 1. The number of hydrogen-bond acceptors (Lipinski definition) is 2. The number of halogens is 3. The first kappa shape index (κ1) is 16.5. The summed E-state index contributed by atoms with van der Waals surface area (Å²) in [6.07, 6.45) is 0.0269. The van der Waals surface area contributed by atoms with Gasteiger partial charge in [-0.3, -0.25) is 9.59 Å². The molecule has 0 aromatic heterocycles. The fourth-order valence-corrected chi connectivity index (χ4v) is 2.01. The first-order chi connectivity index (χ1) is 10.8. The normalized spacial score (nSPS) is 11.8. The van der Waals surface area contributed by atoms with E-state index in [0.29, 0.717) is 11.6 Å². The minimum atomic E-state index is -1.10. The first-order valence-corrected chi connectivity index (χ1v) is 6.66. The standard InChI is InChI=1S/C16H13F3N2O2/c17-11-3-1-9(2-4-11)5-14(15(20)22)21-16(23)10-6-12(18)8-13(19)7-10/h1-4,6-8,14H,5H2,(H2,20,22)(H,21,23)/t14-/m0/s1. The molecule has 4 nitrogen and oxygen atoms in total. The van der Waals surface area contributed by atoms with Crippen molar-refractivity contribution in [2.75, 3.05) is 0 Å². The average Bonchev–Trinajstić information content (AvgIpc) is 2.47. The largest absolute Gasteiger partial charge is 0.368 e. The van der Waals surface area contributed by atoms with Crippen LogP contribution in [0.3, 0.4) is 0 Å².